The highest BCUT2D eigenvalue weighted by molar-refractivity contribution is 5.94. The van der Waals surface area contributed by atoms with E-state index in [2.05, 4.69) is 29.4 Å². The minimum absolute atomic E-state index is 0.0153. The van der Waals surface area contributed by atoms with Crippen LogP contribution >= 0.6 is 0 Å². The lowest BCUT2D eigenvalue weighted by Crippen LogP contribution is -2.32. The van der Waals surface area contributed by atoms with Gasteiger partial charge in [0.1, 0.15) is 0 Å². The van der Waals surface area contributed by atoms with Gasteiger partial charge in [0.25, 0.3) is 5.91 Å². The molecule has 1 amide bonds. The summed E-state index contributed by atoms with van der Waals surface area (Å²) in [6, 6.07) is 8.13. The summed E-state index contributed by atoms with van der Waals surface area (Å²) < 4.78 is 5.55. The molecule has 2 fully saturated rings. The number of likely N-dealkylation sites (tertiary alicyclic amines) is 1. The molecule has 22 heavy (non-hydrogen) atoms. The average molecular weight is 302 g/mol. The molecule has 120 valence electrons. The van der Waals surface area contributed by atoms with Gasteiger partial charge in [-0.25, -0.2) is 0 Å². The SMILES string of the molecule is CN1CCC[C@H](c2cccc(C(=O)NC[C@@H]3CCCO3)c2)C1. The van der Waals surface area contributed by atoms with Crippen LogP contribution in [0.25, 0.3) is 0 Å². The molecule has 0 spiro atoms. The summed E-state index contributed by atoms with van der Waals surface area (Å²) in [5.41, 5.74) is 2.06. The lowest BCUT2D eigenvalue weighted by molar-refractivity contribution is 0.0857. The van der Waals surface area contributed by atoms with Crippen LogP contribution < -0.4 is 5.32 Å². The summed E-state index contributed by atoms with van der Waals surface area (Å²) in [4.78, 5) is 14.7. The van der Waals surface area contributed by atoms with Crippen LogP contribution in [0.5, 0.6) is 0 Å². The van der Waals surface area contributed by atoms with E-state index in [4.69, 9.17) is 4.74 Å². The predicted molar refractivity (Wildman–Crippen MR) is 87.2 cm³/mol. The van der Waals surface area contributed by atoms with E-state index in [1.54, 1.807) is 0 Å². The Morgan fingerprint density at radius 2 is 2.27 bits per heavy atom. The van der Waals surface area contributed by atoms with Crippen LogP contribution in [0.4, 0.5) is 0 Å². The van der Waals surface area contributed by atoms with Crippen molar-refractivity contribution in [3.8, 4) is 0 Å². The first kappa shape index (κ1) is 15.5. The average Bonchev–Trinajstić information content (AvgIpc) is 3.06. The normalized spacial score (nSPS) is 26.0. The molecule has 3 rings (SSSR count). The zero-order valence-corrected chi connectivity index (χ0v) is 13.4. The molecule has 0 radical (unpaired) electrons. The Morgan fingerprint density at radius 1 is 1.36 bits per heavy atom. The van der Waals surface area contributed by atoms with Crippen LogP contribution in [0.2, 0.25) is 0 Å². The van der Waals surface area contributed by atoms with Gasteiger partial charge in [0.2, 0.25) is 0 Å². The van der Waals surface area contributed by atoms with Gasteiger partial charge in [-0.2, -0.15) is 0 Å². The number of amides is 1. The van der Waals surface area contributed by atoms with E-state index in [0.29, 0.717) is 12.5 Å². The Kier molecular flexibility index (Phi) is 5.11. The number of carbonyl (C=O) groups excluding carboxylic acids is 1. The quantitative estimate of drug-likeness (QED) is 0.928. The maximum absolute atomic E-state index is 12.3. The molecule has 0 unspecified atom stereocenters. The maximum atomic E-state index is 12.3. The highest BCUT2D eigenvalue weighted by atomic mass is 16.5. The summed E-state index contributed by atoms with van der Waals surface area (Å²) in [5.74, 6) is 0.561. The fourth-order valence-corrected chi connectivity index (χ4v) is 3.49. The standard InChI is InChI=1S/C18H26N2O2/c1-20-9-3-7-16(13-20)14-5-2-6-15(11-14)18(21)19-12-17-8-4-10-22-17/h2,5-6,11,16-17H,3-4,7-10,12-13H2,1H3,(H,19,21)/t16-,17-/m0/s1. The van der Waals surface area contributed by atoms with E-state index in [-0.39, 0.29) is 12.0 Å². The zero-order chi connectivity index (χ0) is 15.4. The number of nitrogens with zero attached hydrogens (tertiary/aromatic N) is 1. The second kappa shape index (κ2) is 7.25. The fraction of sp³-hybridized carbons (Fsp3) is 0.611. The topological polar surface area (TPSA) is 41.6 Å². The summed E-state index contributed by atoms with van der Waals surface area (Å²) in [6.07, 6.45) is 4.79. The molecule has 4 nitrogen and oxygen atoms in total. The number of ether oxygens (including phenoxy) is 1. The predicted octanol–water partition coefficient (Wildman–Crippen LogP) is 2.40. The molecule has 2 aliphatic rings. The van der Waals surface area contributed by atoms with Gasteiger partial charge in [-0.3, -0.25) is 4.79 Å². The molecule has 1 N–H and O–H groups in total. The number of benzene rings is 1. The highest BCUT2D eigenvalue weighted by Crippen LogP contribution is 2.26. The summed E-state index contributed by atoms with van der Waals surface area (Å²) in [5, 5.41) is 3.01. The van der Waals surface area contributed by atoms with E-state index in [9.17, 15) is 4.79 Å². The number of piperidine rings is 1. The molecule has 2 atom stereocenters. The Morgan fingerprint density at radius 3 is 3.05 bits per heavy atom. The zero-order valence-electron chi connectivity index (χ0n) is 13.4. The van der Waals surface area contributed by atoms with Crippen LogP contribution in [0, 0.1) is 0 Å². The number of hydrogen-bond donors (Lipinski definition) is 1. The maximum Gasteiger partial charge on any atom is 0.251 e. The number of carbonyl (C=O) groups is 1. The first-order valence-electron chi connectivity index (χ1n) is 8.40. The van der Waals surface area contributed by atoms with Crippen molar-refractivity contribution in [3.63, 3.8) is 0 Å². The van der Waals surface area contributed by atoms with Crippen molar-refractivity contribution in [2.75, 3.05) is 33.3 Å². The van der Waals surface area contributed by atoms with Crippen LogP contribution in [0.15, 0.2) is 24.3 Å². The molecular weight excluding hydrogens is 276 g/mol. The van der Waals surface area contributed by atoms with Crippen molar-refractivity contribution in [3.05, 3.63) is 35.4 Å². The van der Waals surface area contributed by atoms with E-state index in [1.807, 2.05) is 12.1 Å². The van der Waals surface area contributed by atoms with Crippen LogP contribution in [0.1, 0.15) is 47.5 Å². The van der Waals surface area contributed by atoms with Crippen molar-refractivity contribution in [1.29, 1.82) is 0 Å². The van der Waals surface area contributed by atoms with E-state index in [0.717, 1.165) is 31.6 Å². The lowest BCUT2D eigenvalue weighted by Gasteiger charge is -2.30. The van der Waals surface area contributed by atoms with Crippen molar-refractivity contribution in [1.82, 2.24) is 10.2 Å². The molecule has 0 saturated carbocycles. The molecule has 1 aromatic carbocycles. The number of nitrogens with one attached hydrogen (secondary N) is 1. The number of likely N-dealkylation sites (N-methyl/N-ethyl adjacent to an activating group) is 1. The Bertz CT molecular complexity index is 512. The second-order valence-electron chi connectivity index (χ2n) is 6.57. The molecular formula is C18H26N2O2. The Hall–Kier alpha value is -1.39. The van der Waals surface area contributed by atoms with E-state index >= 15 is 0 Å². The van der Waals surface area contributed by atoms with Crippen molar-refractivity contribution < 1.29 is 9.53 Å². The molecule has 0 bridgehead atoms. The molecule has 0 aliphatic carbocycles. The molecule has 2 heterocycles. The summed E-state index contributed by atoms with van der Waals surface area (Å²) >= 11 is 0. The minimum Gasteiger partial charge on any atom is -0.376 e. The third-order valence-electron chi connectivity index (χ3n) is 4.76. The highest BCUT2D eigenvalue weighted by Gasteiger charge is 2.20. The number of rotatable bonds is 4. The molecule has 4 heteroatoms. The van der Waals surface area contributed by atoms with Gasteiger partial charge in [0, 0.05) is 25.3 Å². The van der Waals surface area contributed by atoms with Gasteiger partial charge in [-0.15, -0.1) is 0 Å². The largest absolute Gasteiger partial charge is 0.376 e. The fourth-order valence-electron chi connectivity index (χ4n) is 3.49. The first-order valence-corrected chi connectivity index (χ1v) is 8.40. The molecule has 1 aromatic rings. The van der Waals surface area contributed by atoms with Gasteiger partial charge in [0.05, 0.1) is 6.10 Å². The third-order valence-corrected chi connectivity index (χ3v) is 4.76. The van der Waals surface area contributed by atoms with Crippen molar-refractivity contribution >= 4 is 5.91 Å². The van der Waals surface area contributed by atoms with E-state index < -0.39 is 0 Å². The van der Waals surface area contributed by atoms with Gasteiger partial charge in [0.15, 0.2) is 0 Å². The first-order chi connectivity index (χ1) is 10.7. The number of hydrogen-bond acceptors (Lipinski definition) is 3. The second-order valence-corrected chi connectivity index (χ2v) is 6.57. The molecule has 2 aliphatic heterocycles. The van der Waals surface area contributed by atoms with Gasteiger partial charge < -0.3 is 15.0 Å². The Labute approximate surface area is 132 Å². The van der Waals surface area contributed by atoms with Gasteiger partial charge in [-0.05, 0) is 62.9 Å². The lowest BCUT2D eigenvalue weighted by atomic mass is 9.90. The van der Waals surface area contributed by atoms with Crippen molar-refractivity contribution in [2.45, 2.75) is 37.7 Å². The van der Waals surface area contributed by atoms with Gasteiger partial charge in [-0.1, -0.05) is 12.1 Å². The van der Waals surface area contributed by atoms with Crippen LogP contribution in [-0.4, -0.2) is 50.2 Å². The van der Waals surface area contributed by atoms with Crippen LogP contribution in [-0.2, 0) is 4.74 Å². The van der Waals surface area contributed by atoms with E-state index in [1.165, 1.54) is 24.9 Å². The Balaban J connectivity index is 1.61. The monoisotopic (exact) mass is 302 g/mol. The molecule has 0 aromatic heterocycles. The summed E-state index contributed by atoms with van der Waals surface area (Å²) in [7, 11) is 2.17. The van der Waals surface area contributed by atoms with Crippen molar-refractivity contribution in [2.24, 2.45) is 0 Å². The third kappa shape index (κ3) is 3.87. The smallest absolute Gasteiger partial charge is 0.251 e. The van der Waals surface area contributed by atoms with Gasteiger partial charge >= 0.3 is 0 Å². The summed E-state index contributed by atoms with van der Waals surface area (Å²) in [6.45, 7) is 3.71. The minimum atomic E-state index is 0.0153. The molecule has 2 saturated heterocycles. The van der Waals surface area contributed by atoms with Crippen LogP contribution in [0.3, 0.4) is 0 Å².